The minimum Gasteiger partial charge on any atom is -0.299 e. The standard InChI is InChI=1S/C10H13ClN2.ClH/c1-13(8-7-11)12-9-10-5-3-2-4-6-10;/h2-6,9H,7-8H2,1H3;1H/b12-9+;. The van der Waals surface area contributed by atoms with Crippen LogP contribution in [0.2, 0.25) is 0 Å². The Morgan fingerprint density at radius 3 is 2.57 bits per heavy atom. The van der Waals surface area contributed by atoms with E-state index in [1.165, 1.54) is 0 Å². The largest absolute Gasteiger partial charge is 0.299 e. The van der Waals surface area contributed by atoms with Crippen molar-refractivity contribution in [2.75, 3.05) is 19.5 Å². The summed E-state index contributed by atoms with van der Waals surface area (Å²) in [4.78, 5) is 0. The molecule has 0 radical (unpaired) electrons. The van der Waals surface area contributed by atoms with Gasteiger partial charge in [-0.05, 0) is 5.56 Å². The monoisotopic (exact) mass is 232 g/mol. The molecule has 0 amide bonds. The molecule has 0 aliphatic rings. The van der Waals surface area contributed by atoms with Crippen LogP contribution in [0, 0.1) is 0 Å². The summed E-state index contributed by atoms with van der Waals surface area (Å²) in [6.07, 6.45) is 1.83. The van der Waals surface area contributed by atoms with E-state index in [2.05, 4.69) is 5.10 Å². The van der Waals surface area contributed by atoms with Gasteiger partial charge < -0.3 is 0 Å². The molecule has 14 heavy (non-hydrogen) atoms. The van der Waals surface area contributed by atoms with E-state index in [1.54, 1.807) is 0 Å². The van der Waals surface area contributed by atoms with Crippen LogP contribution in [0.25, 0.3) is 0 Å². The molecule has 1 aromatic carbocycles. The van der Waals surface area contributed by atoms with Gasteiger partial charge in [0.25, 0.3) is 0 Å². The molecule has 0 unspecified atom stereocenters. The lowest BCUT2D eigenvalue weighted by Gasteiger charge is -2.09. The smallest absolute Gasteiger partial charge is 0.0542 e. The van der Waals surface area contributed by atoms with Crippen LogP contribution >= 0.6 is 24.0 Å². The SMILES string of the molecule is CN(CCCl)/N=C/c1ccccc1.Cl. The number of hydrazone groups is 1. The Morgan fingerprint density at radius 1 is 1.36 bits per heavy atom. The summed E-state index contributed by atoms with van der Waals surface area (Å²) in [6, 6.07) is 9.99. The highest BCUT2D eigenvalue weighted by Crippen LogP contribution is 1.95. The fraction of sp³-hybridized carbons (Fsp3) is 0.300. The normalized spacial score (nSPS) is 9.86. The van der Waals surface area contributed by atoms with Gasteiger partial charge in [0.1, 0.15) is 0 Å². The maximum Gasteiger partial charge on any atom is 0.0542 e. The van der Waals surface area contributed by atoms with Crippen molar-refractivity contribution in [2.45, 2.75) is 0 Å². The molecule has 0 aliphatic carbocycles. The van der Waals surface area contributed by atoms with Crippen LogP contribution in [-0.2, 0) is 0 Å². The molecule has 0 atom stereocenters. The molecule has 1 aromatic rings. The predicted octanol–water partition coefficient (Wildman–Crippen LogP) is 2.61. The molecule has 0 saturated carbocycles. The average Bonchev–Trinajstić information content (AvgIpc) is 2.17. The van der Waals surface area contributed by atoms with Crippen LogP contribution in [0.15, 0.2) is 35.4 Å². The van der Waals surface area contributed by atoms with E-state index in [4.69, 9.17) is 11.6 Å². The van der Waals surface area contributed by atoms with E-state index in [9.17, 15) is 0 Å². The van der Waals surface area contributed by atoms with Gasteiger partial charge in [-0.1, -0.05) is 30.3 Å². The lowest BCUT2D eigenvalue weighted by Crippen LogP contribution is -2.13. The van der Waals surface area contributed by atoms with E-state index in [-0.39, 0.29) is 12.4 Å². The second-order valence-electron chi connectivity index (χ2n) is 2.73. The number of rotatable bonds is 4. The molecule has 0 fully saturated rings. The number of benzene rings is 1. The van der Waals surface area contributed by atoms with Gasteiger partial charge in [0, 0.05) is 19.5 Å². The van der Waals surface area contributed by atoms with Crippen molar-refractivity contribution in [1.29, 1.82) is 0 Å². The topological polar surface area (TPSA) is 15.6 Å². The highest BCUT2D eigenvalue weighted by atomic mass is 35.5. The first-order valence-corrected chi connectivity index (χ1v) is 4.72. The van der Waals surface area contributed by atoms with Gasteiger partial charge in [-0.25, -0.2) is 0 Å². The molecule has 78 valence electrons. The van der Waals surface area contributed by atoms with Crippen molar-refractivity contribution in [1.82, 2.24) is 5.01 Å². The summed E-state index contributed by atoms with van der Waals surface area (Å²) in [5, 5.41) is 6.03. The molecular formula is C10H14Cl2N2. The number of hydrogen-bond acceptors (Lipinski definition) is 2. The highest BCUT2D eigenvalue weighted by molar-refractivity contribution is 6.18. The zero-order chi connectivity index (χ0) is 9.52. The van der Waals surface area contributed by atoms with E-state index in [0.717, 1.165) is 12.1 Å². The van der Waals surface area contributed by atoms with Gasteiger partial charge in [0.2, 0.25) is 0 Å². The molecule has 1 rings (SSSR count). The molecule has 0 spiro atoms. The Hall–Kier alpha value is -0.730. The van der Waals surface area contributed by atoms with Crippen LogP contribution < -0.4 is 0 Å². The lowest BCUT2D eigenvalue weighted by atomic mass is 10.2. The molecule has 0 bridgehead atoms. The van der Waals surface area contributed by atoms with Gasteiger partial charge in [0.15, 0.2) is 0 Å². The number of nitrogens with zero attached hydrogens (tertiary/aromatic N) is 2. The Balaban J connectivity index is 0.00000169. The molecule has 0 saturated heterocycles. The molecule has 4 heteroatoms. The van der Waals surface area contributed by atoms with Crippen LogP contribution in [0.5, 0.6) is 0 Å². The minimum absolute atomic E-state index is 0. The third-order valence-corrected chi connectivity index (χ3v) is 1.78. The van der Waals surface area contributed by atoms with Crippen molar-refractivity contribution in [3.8, 4) is 0 Å². The van der Waals surface area contributed by atoms with Crippen molar-refractivity contribution < 1.29 is 0 Å². The Morgan fingerprint density at radius 2 is 2.00 bits per heavy atom. The summed E-state index contributed by atoms with van der Waals surface area (Å²) in [7, 11) is 1.90. The van der Waals surface area contributed by atoms with Gasteiger partial charge in [-0.2, -0.15) is 5.10 Å². The lowest BCUT2D eigenvalue weighted by molar-refractivity contribution is 0.380. The maximum absolute atomic E-state index is 5.56. The first kappa shape index (κ1) is 13.3. The molecule has 0 N–H and O–H groups in total. The highest BCUT2D eigenvalue weighted by Gasteiger charge is 1.89. The van der Waals surface area contributed by atoms with E-state index in [0.29, 0.717) is 5.88 Å². The Kier molecular flexibility index (Phi) is 7.25. The van der Waals surface area contributed by atoms with E-state index < -0.39 is 0 Å². The van der Waals surface area contributed by atoms with E-state index in [1.807, 2.05) is 48.6 Å². The molecule has 0 aromatic heterocycles. The van der Waals surface area contributed by atoms with Crippen LogP contribution in [0.1, 0.15) is 5.56 Å². The third-order valence-electron chi connectivity index (χ3n) is 1.61. The second-order valence-corrected chi connectivity index (χ2v) is 3.10. The fourth-order valence-corrected chi connectivity index (χ4v) is 1.13. The summed E-state index contributed by atoms with van der Waals surface area (Å²) >= 11 is 5.56. The molecule has 0 heterocycles. The van der Waals surface area contributed by atoms with Crippen molar-refractivity contribution in [3.05, 3.63) is 35.9 Å². The summed E-state index contributed by atoms with van der Waals surface area (Å²) in [5.41, 5.74) is 1.10. The van der Waals surface area contributed by atoms with Crippen LogP contribution in [-0.4, -0.2) is 30.7 Å². The van der Waals surface area contributed by atoms with Crippen molar-refractivity contribution in [2.24, 2.45) is 5.10 Å². The van der Waals surface area contributed by atoms with Crippen LogP contribution in [0.4, 0.5) is 0 Å². The molecule has 2 nitrogen and oxygen atoms in total. The summed E-state index contributed by atoms with van der Waals surface area (Å²) in [6.45, 7) is 0.769. The number of hydrogen-bond donors (Lipinski definition) is 0. The van der Waals surface area contributed by atoms with E-state index >= 15 is 0 Å². The predicted molar refractivity (Wildman–Crippen MR) is 64.6 cm³/mol. The summed E-state index contributed by atoms with van der Waals surface area (Å²) in [5.74, 6) is 0.600. The number of alkyl halides is 1. The Labute approximate surface area is 96.0 Å². The van der Waals surface area contributed by atoms with Gasteiger partial charge in [-0.15, -0.1) is 24.0 Å². The zero-order valence-corrected chi connectivity index (χ0v) is 9.63. The average molecular weight is 233 g/mol. The summed E-state index contributed by atoms with van der Waals surface area (Å²) < 4.78 is 0. The van der Waals surface area contributed by atoms with Crippen LogP contribution in [0.3, 0.4) is 0 Å². The van der Waals surface area contributed by atoms with Gasteiger partial charge >= 0.3 is 0 Å². The quantitative estimate of drug-likeness (QED) is 0.443. The van der Waals surface area contributed by atoms with Gasteiger partial charge in [0.05, 0.1) is 6.21 Å². The first-order chi connectivity index (χ1) is 6.33. The first-order valence-electron chi connectivity index (χ1n) is 4.19. The minimum atomic E-state index is 0. The van der Waals surface area contributed by atoms with Crippen molar-refractivity contribution >= 4 is 30.2 Å². The second kappa shape index (κ2) is 7.65. The molecule has 0 aliphatic heterocycles. The zero-order valence-electron chi connectivity index (χ0n) is 8.06. The number of halogens is 2. The Bertz CT molecular complexity index is 262. The fourth-order valence-electron chi connectivity index (χ4n) is 0.884. The van der Waals surface area contributed by atoms with Crippen molar-refractivity contribution in [3.63, 3.8) is 0 Å². The molecular weight excluding hydrogens is 219 g/mol. The van der Waals surface area contributed by atoms with Gasteiger partial charge in [-0.3, -0.25) is 5.01 Å². The maximum atomic E-state index is 5.56. The third kappa shape index (κ3) is 5.10.